The summed E-state index contributed by atoms with van der Waals surface area (Å²) in [6.07, 6.45) is 2.65. The highest BCUT2D eigenvalue weighted by Gasteiger charge is 2.35. The molecule has 5 aromatic rings. The van der Waals surface area contributed by atoms with Gasteiger partial charge in [-0.3, -0.25) is 19.7 Å². The molecule has 3 amide bonds. The Bertz CT molecular complexity index is 1740. The Hall–Kier alpha value is -4.17. The summed E-state index contributed by atoms with van der Waals surface area (Å²) in [5.74, 6) is -0.834. The Morgan fingerprint density at radius 1 is 1.03 bits per heavy atom. The van der Waals surface area contributed by atoms with E-state index in [4.69, 9.17) is 5.73 Å². The van der Waals surface area contributed by atoms with Crippen molar-refractivity contribution < 1.29 is 14.4 Å². The topological polar surface area (TPSA) is 122 Å². The normalized spacial score (nSPS) is 14.2. The predicted molar refractivity (Wildman–Crippen MR) is 141 cm³/mol. The first-order valence-corrected chi connectivity index (χ1v) is 12.2. The number of hydrogen-bond acceptors (Lipinski definition) is 4. The molecule has 0 fully saturated rings. The molecular weight excluding hydrogens is 454 g/mol. The van der Waals surface area contributed by atoms with Gasteiger partial charge in [-0.15, -0.1) is 0 Å². The maximum Gasteiger partial charge on any atom is 0.259 e. The molecule has 1 aliphatic heterocycles. The average Bonchev–Trinajstić information content (AvgIpc) is 3.48. The molecule has 2 aromatic heterocycles. The number of imide groups is 1. The number of nitrogens with two attached hydrogens (primary N) is 1. The number of fused-ring (bicyclic) bond motifs is 10. The number of amides is 3. The van der Waals surface area contributed by atoms with Gasteiger partial charge in [0, 0.05) is 46.2 Å². The summed E-state index contributed by atoms with van der Waals surface area (Å²) in [7, 11) is 2.00. The highest BCUT2D eigenvalue weighted by Crippen LogP contribution is 2.43. The van der Waals surface area contributed by atoms with Crippen molar-refractivity contribution in [2.75, 3.05) is 6.54 Å². The van der Waals surface area contributed by atoms with Crippen LogP contribution in [0.1, 0.15) is 46.0 Å². The van der Waals surface area contributed by atoms with Crippen molar-refractivity contribution in [2.45, 2.75) is 32.2 Å². The number of benzene rings is 3. The highest BCUT2D eigenvalue weighted by molar-refractivity contribution is 6.39. The van der Waals surface area contributed by atoms with E-state index in [1.54, 1.807) is 6.92 Å². The van der Waals surface area contributed by atoms with Crippen LogP contribution in [-0.4, -0.2) is 39.9 Å². The fourth-order valence-electron chi connectivity index (χ4n) is 5.52. The van der Waals surface area contributed by atoms with E-state index in [0.717, 1.165) is 62.9 Å². The minimum absolute atomic E-state index is 0.134. The second-order valence-corrected chi connectivity index (χ2v) is 9.62. The summed E-state index contributed by atoms with van der Waals surface area (Å²) >= 11 is 0. The quantitative estimate of drug-likeness (QED) is 0.218. The van der Waals surface area contributed by atoms with Crippen LogP contribution in [-0.2, 0) is 18.3 Å². The number of H-pyrrole nitrogens is 1. The lowest BCUT2D eigenvalue weighted by Gasteiger charge is -2.07. The predicted octanol–water partition coefficient (Wildman–Crippen LogP) is 3.64. The van der Waals surface area contributed by atoms with E-state index >= 15 is 0 Å². The summed E-state index contributed by atoms with van der Waals surface area (Å²) in [4.78, 5) is 41.1. The average molecular weight is 482 g/mol. The zero-order valence-electron chi connectivity index (χ0n) is 20.2. The first-order chi connectivity index (χ1) is 17.4. The fourth-order valence-corrected chi connectivity index (χ4v) is 5.52. The molecule has 0 bridgehead atoms. The van der Waals surface area contributed by atoms with Gasteiger partial charge in [-0.1, -0.05) is 30.3 Å². The van der Waals surface area contributed by atoms with E-state index in [-0.39, 0.29) is 17.7 Å². The monoisotopic (exact) mass is 481 g/mol. The number of rotatable bonds is 6. The van der Waals surface area contributed by atoms with Gasteiger partial charge in [-0.25, -0.2) is 0 Å². The van der Waals surface area contributed by atoms with E-state index in [2.05, 4.69) is 38.4 Å². The zero-order chi connectivity index (χ0) is 25.1. The Balaban J connectivity index is 1.46. The van der Waals surface area contributed by atoms with Crippen molar-refractivity contribution >= 4 is 61.3 Å². The van der Waals surface area contributed by atoms with Crippen molar-refractivity contribution in [3.8, 4) is 0 Å². The van der Waals surface area contributed by atoms with Gasteiger partial charge in [0.25, 0.3) is 11.8 Å². The number of hydrogen-bond donors (Lipinski definition) is 4. The highest BCUT2D eigenvalue weighted by atomic mass is 16.2. The molecule has 1 atom stereocenters. The number of para-hydroxylation sites is 1. The molecule has 3 heterocycles. The molecule has 182 valence electrons. The number of aromatic nitrogens is 2. The van der Waals surface area contributed by atoms with E-state index < -0.39 is 6.04 Å². The van der Waals surface area contributed by atoms with Crippen LogP contribution in [0.25, 0.3) is 43.6 Å². The van der Waals surface area contributed by atoms with Crippen LogP contribution in [0.2, 0.25) is 0 Å². The fraction of sp³-hybridized carbons (Fsp3) is 0.250. The third-order valence-electron chi connectivity index (χ3n) is 7.24. The van der Waals surface area contributed by atoms with Gasteiger partial charge in [0.1, 0.15) is 0 Å². The van der Waals surface area contributed by atoms with Crippen LogP contribution in [0.5, 0.6) is 0 Å². The second kappa shape index (κ2) is 8.20. The van der Waals surface area contributed by atoms with Crippen molar-refractivity contribution in [3.63, 3.8) is 0 Å². The van der Waals surface area contributed by atoms with Crippen molar-refractivity contribution in [1.29, 1.82) is 0 Å². The summed E-state index contributed by atoms with van der Waals surface area (Å²) in [6, 6.07) is 13.7. The zero-order valence-corrected chi connectivity index (χ0v) is 20.2. The van der Waals surface area contributed by atoms with Crippen LogP contribution in [0.3, 0.4) is 0 Å². The number of carbonyl (C=O) groups is 3. The van der Waals surface area contributed by atoms with Crippen molar-refractivity contribution in [1.82, 2.24) is 20.2 Å². The maximum atomic E-state index is 13.0. The van der Waals surface area contributed by atoms with Gasteiger partial charge in [-0.05, 0) is 43.9 Å². The molecular formula is C28H27N5O3. The summed E-state index contributed by atoms with van der Waals surface area (Å²) < 4.78 is 2.12. The molecule has 3 aromatic carbocycles. The van der Waals surface area contributed by atoms with Crippen LogP contribution in [0.15, 0.2) is 42.5 Å². The first kappa shape index (κ1) is 22.3. The van der Waals surface area contributed by atoms with Crippen LogP contribution in [0.4, 0.5) is 0 Å². The van der Waals surface area contributed by atoms with E-state index in [1.165, 1.54) is 5.56 Å². The van der Waals surface area contributed by atoms with Gasteiger partial charge in [0.2, 0.25) is 5.91 Å². The third-order valence-corrected chi connectivity index (χ3v) is 7.24. The van der Waals surface area contributed by atoms with Crippen LogP contribution < -0.4 is 16.4 Å². The van der Waals surface area contributed by atoms with Crippen LogP contribution >= 0.6 is 0 Å². The van der Waals surface area contributed by atoms with Crippen molar-refractivity contribution in [2.24, 2.45) is 12.8 Å². The molecule has 1 aliphatic rings. The molecule has 0 saturated carbocycles. The molecule has 6 rings (SSSR count). The van der Waals surface area contributed by atoms with Gasteiger partial charge >= 0.3 is 0 Å². The third kappa shape index (κ3) is 3.21. The lowest BCUT2D eigenvalue weighted by molar-refractivity contribution is -0.121. The first-order valence-electron chi connectivity index (χ1n) is 12.2. The molecule has 0 spiro atoms. The molecule has 36 heavy (non-hydrogen) atoms. The number of aromatic amines is 1. The number of unbranched alkanes of at least 4 members (excludes halogenated alkanes) is 1. The van der Waals surface area contributed by atoms with Crippen molar-refractivity contribution in [3.05, 3.63) is 59.2 Å². The van der Waals surface area contributed by atoms with Crippen LogP contribution in [0, 0.1) is 0 Å². The summed E-state index contributed by atoms with van der Waals surface area (Å²) in [5.41, 5.74) is 11.4. The lowest BCUT2D eigenvalue weighted by atomic mass is 9.96. The second-order valence-electron chi connectivity index (χ2n) is 9.62. The number of nitrogens with zero attached hydrogens (tertiary/aromatic N) is 1. The SMILES string of the molecule is C[C@H](N)C(=O)NCCCCc1ccc2c3c4c(c5c6ccccc6[nH]c5c3n(C)c2c1)C(=O)NC4=O. The van der Waals surface area contributed by atoms with Gasteiger partial charge in [-0.2, -0.15) is 0 Å². The Morgan fingerprint density at radius 2 is 1.78 bits per heavy atom. The maximum absolute atomic E-state index is 13.0. The van der Waals surface area contributed by atoms with Gasteiger partial charge in [0.05, 0.1) is 28.2 Å². The lowest BCUT2D eigenvalue weighted by Crippen LogP contribution is -2.38. The standard InChI is InChI=1S/C28H27N5O3/c1-14(29)26(34)30-12-6-5-7-15-10-11-17-19(13-15)33(2)25-21(17)23-22(27(35)32-28(23)36)20-16-8-3-4-9-18(16)31-24(20)25/h3-4,8-11,13-14,31H,5-7,12,29H2,1-2H3,(H,30,34)(H,32,35,36)/t14-/m0/s1. The molecule has 0 unspecified atom stereocenters. The summed E-state index contributed by atoms with van der Waals surface area (Å²) in [5, 5.41) is 8.83. The number of carbonyl (C=O) groups excluding carboxylic acids is 3. The molecule has 0 radical (unpaired) electrons. The molecule has 5 N–H and O–H groups in total. The minimum atomic E-state index is -0.499. The molecule has 0 saturated heterocycles. The molecule has 8 nitrogen and oxygen atoms in total. The smallest absolute Gasteiger partial charge is 0.259 e. The van der Waals surface area contributed by atoms with E-state index in [1.807, 2.05) is 31.3 Å². The minimum Gasteiger partial charge on any atom is -0.355 e. The Kier molecular flexibility index (Phi) is 5.08. The molecule has 8 heteroatoms. The number of nitrogens with one attached hydrogen (secondary N) is 3. The largest absolute Gasteiger partial charge is 0.355 e. The summed E-state index contributed by atoms with van der Waals surface area (Å²) in [6.45, 7) is 2.27. The number of aryl methyl sites for hydroxylation is 2. The Labute approximate surface area is 206 Å². The molecule has 0 aliphatic carbocycles. The van der Waals surface area contributed by atoms with E-state index in [9.17, 15) is 14.4 Å². The van der Waals surface area contributed by atoms with E-state index in [0.29, 0.717) is 17.7 Å². The van der Waals surface area contributed by atoms with Gasteiger partial charge < -0.3 is 20.6 Å². The Morgan fingerprint density at radius 3 is 2.56 bits per heavy atom. The van der Waals surface area contributed by atoms with Gasteiger partial charge in [0.15, 0.2) is 0 Å².